The summed E-state index contributed by atoms with van der Waals surface area (Å²) in [5.41, 5.74) is 8.15. The highest BCUT2D eigenvalue weighted by Gasteiger charge is 2.15. The van der Waals surface area contributed by atoms with Gasteiger partial charge in [-0.3, -0.25) is 4.99 Å². The van der Waals surface area contributed by atoms with Crippen LogP contribution >= 0.6 is 12.4 Å². The second kappa shape index (κ2) is 6.70. The number of halogens is 1. The summed E-state index contributed by atoms with van der Waals surface area (Å²) in [6.07, 6.45) is 5.04. The smallest absolute Gasteiger partial charge is 0.189 e. The Bertz CT molecular complexity index is 338. The van der Waals surface area contributed by atoms with Crippen molar-refractivity contribution in [3.8, 4) is 0 Å². The summed E-state index contributed by atoms with van der Waals surface area (Å²) in [7, 11) is 0. The summed E-state index contributed by atoms with van der Waals surface area (Å²) in [6.45, 7) is 9.79. The molecule has 98 valence electrons. The molecule has 0 unspecified atom stereocenters. The van der Waals surface area contributed by atoms with Crippen molar-refractivity contribution in [3.63, 3.8) is 0 Å². The first-order valence-corrected chi connectivity index (χ1v) is 5.75. The summed E-state index contributed by atoms with van der Waals surface area (Å²) in [6, 6.07) is 0. The third kappa shape index (κ3) is 5.78. The van der Waals surface area contributed by atoms with Crippen LogP contribution < -0.4 is 5.73 Å². The van der Waals surface area contributed by atoms with Crippen LogP contribution in [0.15, 0.2) is 28.6 Å². The first-order chi connectivity index (χ1) is 7.42. The lowest BCUT2D eigenvalue weighted by molar-refractivity contribution is 0.223. The van der Waals surface area contributed by atoms with Crippen molar-refractivity contribution in [2.24, 2.45) is 16.1 Å². The first kappa shape index (κ1) is 16.0. The summed E-state index contributed by atoms with van der Waals surface area (Å²) < 4.78 is 5.25. The molecule has 0 aromatic carbocycles. The number of allylic oxidation sites excluding steroid dienone is 1. The van der Waals surface area contributed by atoms with E-state index < -0.39 is 0 Å². The zero-order chi connectivity index (χ0) is 12.2. The molecule has 0 radical (unpaired) electrons. The normalized spacial score (nSPS) is 18.2. The Morgan fingerprint density at radius 1 is 1.41 bits per heavy atom. The fraction of sp³-hybridized carbons (Fsp3) is 0.615. The summed E-state index contributed by atoms with van der Waals surface area (Å²) in [4.78, 5) is 4.51. The molecule has 0 saturated heterocycles. The Morgan fingerprint density at radius 2 is 2.06 bits per heavy atom. The van der Waals surface area contributed by atoms with Gasteiger partial charge in [0.2, 0.25) is 0 Å². The summed E-state index contributed by atoms with van der Waals surface area (Å²) in [5.74, 6) is 0.498. The van der Waals surface area contributed by atoms with Crippen LogP contribution in [0.3, 0.4) is 0 Å². The molecule has 1 rings (SSSR count). The van der Waals surface area contributed by atoms with Crippen LogP contribution in [-0.4, -0.2) is 18.9 Å². The Kier molecular flexibility index (Phi) is 6.32. The van der Waals surface area contributed by atoms with Gasteiger partial charge in [0.15, 0.2) is 5.88 Å². The van der Waals surface area contributed by atoms with Crippen molar-refractivity contribution in [2.75, 3.05) is 13.2 Å². The van der Waals surface area contributed by atoms with Gasteiger partial charge in [-0.1, -0.05) is 26.8 Å². The Labute approximate surface area is 110 Å². The lowest BCUT2D eigenvalue weighted by Crippen LogP contribution is -2.15. The number of ether oxygens (including phenoxy) is 1. The van der Waals surface area contributed by atoms with E-state index in [0.717, 1.165) is 17.7 Å². The van der Waals surface area contributed by atoms with Crippen LogP contribution in [0.1, 0.15) is 34.1 Å². The van der Waals surface area contributed by atoms with Gasteiger partial charge in [0, 0.05) is 11.3 Å². The zero-order valence-electron chi connectivity index (χ0n) is 11.1. The van der Waals surface area contributed by atoms with Crippen LogP contribution in [0.4, 0.5) is 0 Å². The second-order valence-corrected chi connectivity index (χ2v) is 5.20. The van der Waals surface area contributed by atoms with E-state index in [1.807, 2.05) is 19.1 Å². The average Bonchev–Trinajstić information content (AvgIpc) is 2.16. The summed E-state index contributed by atoms with van der Waals surface area (Å²) in [5, 5.41) is 0. The Balaban J connectivity index is 0.00000256. The quantitative estimate of drug-likeness (QED) is 0.791. The van der Waals surface area contributed by atoms with Gasteiger partial charge >= 0.3 is 0 Å². The van der Waals surface area contributed by atoms with E-state index in [-0.39, 0.29) is 17.8 Å². The number of nitrogens with two attached hydrogens (primary N) is 1. The maximum Gasteiger partial charge on any atom is 0.189 e. The average molecular weight is 259 g/mol. The van der Waals surface area contributed by atoms with E-state index >= 15 is 0 Å². The van der Waals surface area contributed by atoms with Crippen molar-refractivity contribution in [2.45, 2.75) is 34.1 Å². The molecule has 0 spiro atoms. The van der Waals surface area contributed by atoms with Gasteiger partial charge in [-0.2, -0.15) is 0 Å². The molecular formula is C13H23ClN2O. The molecule has 0 fully saturated rings. The zero-order valence-corrected chi connectivity index (χ0v) is 11.9. The van der Waals surface area contributed by atoms with Crippen LogP contribution in [-0.2, 0) is 4.74 Å². The molecule has 4 heteroatoms. The topological polar surface area (TPSA) is 47.6 Å². The predicted octanol–water partition coefficient (Wildman–Crippen LogP) is 3.06. The molecule has 0 bridgehead atoms. The molecule has 1 aliphatic heterocycles. The minimum atomic E-state index is 0. The van der Waals surface area contributed by atoms with Crippen LogP contribution in [0.25, 0.3) is 0 Å². The van der Waals surface area contributed by atoms with E-state index in [1.165, 1.54) is 0 Å². The molecule has 2 N–H and O–H groups in total. The number of hydrogen-bond acceptors (Lipinski definition) is 3. The minimum absolute atomic E-state index is 0. The summed E-state index contributed by atoms with van der Waals surface area (Å²) >= 11 is 0. The maximum atomic E-state index is 5.77. The van der Waals surface area contributed by atoms with Gasteiger partial charge in [0.25, 0.3) is 0 Å². The van der Waals surface area contributed by atoms with Gasteiger partial charge in [-0.25, -0.2) is 0 Å². The highest BCUT2D eigenvalue weighted by molar-refractivity contribution is 5.96. The van der Waals surface area contributed by atoms with Gasteiger partial charge in [-0.05, 0) is 24.8 Å². The molecule has 0 atom stereocenters. The van der Waals surface area contributed by atoms with Crippen molar-refractivity contribution in [3.05, 3.63) is 23.6 Å². The number of nitrogens with zero attached hydrogens (tertiary/aromatic N) is 1. The van der Waals surface area contributed by atoms with E-state index in [9.17, 15) is 0 Å². The molecule has 1 aliphatic rings. The largest absolute Gasteiger partial charge is 0.479 e. The van der Waals surface area contributed by atoms with Crippen molar-refractivity contribution in [1.29, 1.82) is 0 Å². The Hall–Kier alpha value is -0.960. The van der Waals surface area contributed by atoms with Gasteiger partial charge < -0.3 is 10.5 Å². The van der Waals surface area contributed by atoms with Crippen molar-refractivity contribution >= 4 is 18.1 Å². The predicted molar refractivity (Wildman–Crippen MR) is 75.6 cm³/mol. The molecule has 3 nitrogen and oxygen atoms in total. The first-order valence-electron chi connectivity index (χ1n) is 5.75. The fourth-order valence-electron chi connectivity index (χ4n) is 1.56. The van der Waals surface area contributed by atoms with Crippen LogP contribution in [0.5, 0.6) is 0 Å². The molecule has 0 saturated carbocycles. The highest BCUT2D eigenvalue weighted by atomic mass is 35.5. The monoisotopic (exact) mass is 258 g/mol. The van der Waals surface area contributed by atoms with Crippen LogP contribution in [0, 0.1) is 5.41 Å². The fourth-order valence-corrected chi connectivity index (χ4v) is 1.56. The lowest BCUT2D eigenvalue weighted by atomic mass is 9.89. The molecule has 17 heavy (non-hydrogen) atoms. The van der Waals surface area contributed by atoms with Gasteiger partial charge in [0.1, 0.15) is 0 Å². The molecule has 0 aliphatic carbocycles. The van der Waals surface area contributed by atoms with Gasteiger partial charge in [0.05, 0.1) is 13.2 Å². The number of rotatable bonds is 3. The van der Waals surface area contributed by atoms with Crippen molar-refractivity contribution < 1.29 is 4.74 Å². The van der Waals surface area contributed by atoms with Crippen LogP contribution in [0.2, 0.25) is 0 Å². The molecule has 0 aromatic heterocycles. The molecule has 0 aromatic rings. The number of aliphatic imine (C=N–C) groups is 1. The highest BCUT2D eigenvalue weighted by Crippen LogP contribution is 2.21. The third-order valence-electron chi connectivity index (χ3n) is 2.26. The standard InChI is InChI=1S/C13H22N2O.ClH/c1-5-16-12(14)10-6-7-11(15-9-10)8-13(2,3)4;/h6-7H,5,8-9,14H2,1-4H3;1H. The number of dihydropyridines is 1. The van der Waals surface area contributed by atoms with Crippen molar-refractivity contribution in [1.82, 2.24) is 0 Å². The van der Waals surface area contributed by atoms with E-state index in [0.29, 0.717) is 19.0 Å². The van der Waals surface area contributed by atoms with Gasteiger partial charge in [-0.15, -0.1) is 12.4 Å². The minimum Gasteiger partial charge on any atom is -0.479 e. The number of hydrogen-bond donors (Lipinski definition) is 1. The molecular weight excluding hydrogens is 236 g/mol. The van der Waals surface area contributed by atoms with E-state index in [1.54, 1.807) is 0 Å². The van der Waals surface area contributed by atoms with E-state index in [2.05, 4.69) is 25.8 Å². The molecule has 1 heterocycles. The maximum absolute atomic E-state index is 5.77. The van der Waals surface area contributed by atoms with E-state index in [4.69, 9.17) is 10.5 Å². The third-order valence-corrected chi connectivity index (χ3v) is 2.26. The molecule has 0 amide bonds. The lowest BCUT2D eigenvalue weighted by Gasteiger charge is -2.20. The Morgan fingerprint density at radius 3 is 2.47 bits per heavy atom. The second-order valence-electron chi connectivity index (χ2n) is 5.20. The SMILES string of the molecule is CCOC(N)=C1C=CC(CC(C)(C)C)=NC1.Cl.